The predicted molar refractivity (Wildman–Crippen MR) is 83.7 cm³/mol. The molecule has 0 unspecified atom stereocenters. The Bertz CT molecular complexity index is 520. The van der Waals surface area contributed by atoms with Gasteiger partial charge in [0.25, 0.3) is 0 Å². The third-order valence-corrected chi connectivity index (χ3v) is 11.4. The zero-order valence-electron chi connectivity index (χ0n) is 8.79. The van der Waals surface area contributed by atoms with Crippen molar-refractivity contribution in [3.63, 3.8) is 0 Å². The van der Waals surface area contributed by atoms with Crippen LogP contribution in [-0.4, -0.2) is 26.3 Å². The molecule has 0 bridgehead atoms. The molecule has 6 heteroatoms. The van der Waals surface area contributed by atoms with Gasteiger partial charge < -0.3 is 0 Å². The maximum absolute atomic E-state index is 6.17. The Labute approximate surface area is 137 Å². The second-order valence-corrected chi connectivity index (χ2v) is 11.0. The van der Waals surface area contributed by atoms with E-state index in [2.05, 4.69) is 0 Å². The first kappa shape index (κ1) is 15.0. The maximum atomic E-state index is 6.17. The molecule has 2 aromatic carbocycles. The van der Waals surface area contributed by atoms with Crippen LogP contribution in [0.3, 0.4) is 0 Å². The summed E-state index contributed by atoms with van der Waals surface area (Å²) >= 11 is 24.8. The molecule has 0 heterocycles. The number of rotatable bonds is 3. The van der Waals surface area contributed by atoms with Crippen molar-refractivity contribution in [1.82, 2.24) is 0 Å². The van der Waals surface area contributed by atoms with Gasteiger partial charge in [-0.1, -0.05) is 0 Å². The van der Waals surface area contributed by atoms with E-state index in [4.69, 9.17) is 46.4 Å². The van der Waals surface area contributed by atoms with E-state index in [9.17, 15) is 0 Å². The summed E-state index contributed by atoms with van der Waals surface area (Å²) in [5, 5.41) is 2.51. The van der Waals surface area contributed by atoms with E-state index in [0.717, 1.165) is 8.92 Å². The number of hydrogen-bond donors (Lipinski definition) is 0. The van der Waals surface area contributed by atoms with Crippen molar-refractivity contribution in [3.8, 4) is 0 Å². The Morgan fingerprint density at radius 2 is 1.00 bits per heavy atom. The zero-order valence-corrected chi connectivity index (χ0v) is 15.2. The average Bonchev–Trinajstić information content (AvgIpc) is 2.36. The van der Waals surface area contributed by atoms with Crippen molar-refractivity contribution in [2.45, 2.75) is 0 Å². The molecule has 0 spiro atoms. The molecule has 2 aromatic rings. The van der Waals surface area contributed by atoms with Gasteiger partial charge >= 0.3 is 138 Å². The molecule has 0 aliphatic carbocycles. The molecule has 0 fully saturated rings. The van der Waals surface area contributed by atoms with Crippen LogP contribution in [0, 0.1) is 0 Å². The Morgan fingerprint density at radius 1 is 0.611 bits per heavy atom. The molecule has 0 amide bonds. The number of hydrogen-bond acceptors (Lipinski definition) is 0. The molecule has 0 aliphatic rings. The van der Waals surface area contributed by atoms with Gasteiger partial charge in [0.15, 0.2) is 0 Å². The Kier molecular flexibility index (Phi) is 5.75. The van der Waals surface area contributed by atoms with Crippen molar-refractivity contribution in [2.75, 3.05) is 0 Å². The van der Waals surface area contributed by atoms with Gasteiger partial charge in [-0.2, -0.15) is 0 Å². The Morgan fingerprint density at radius 3 is 1.39 bits per heavy atom. The predicted octanol–water partition coefficient (Wildman–Crippen LogP) is 3.57. The molecule has 94 valence electrons. The second-order valence-electron chi connectivity index (χ2n) is 3.27. The quantitative estimate of drug-likeness (QED) is 0.628. The van der Waals surface area contributed by atoms with Gasteiger partial charge in [-0.15, -0.1) is 0 Å². The summed E-state index contributed by atoms with van der Waals surface area (Å²) in [6.07, 6.45) is 0. The van der Waals surface area contributed by atoms with E-state index >= 15 is 0 Å². The van der Waals surface area contributed by atoms with Gasteiger partial charge in [-0.3, -0.25) is 0 Å². The Balaban J connectivity index is 2.17. The molecule has 18 heavy (non-hydrogen) atoms. The van der Waals surface area contributed by atoms with E-state index in [-0.39, 0.29) is 26.3 Å². The average molecular weight is 450 g/mol. The van der Waals surface area contributed by atoms with Gasteiger partial charge in [0.1, 0.15) is 0 Å². The minimum absolute atomic E-state index is 0.239. The minimum atomic E-state index is 0.239. The topological polar surface area (TPSA) is 0 Å². The molecule has 0 atom stereocenters. The van der Waals surface area contributed by atoms with Crippen molar-refractivity contribution in [3.05, 3.63) is 56.5 Å². The van der Waals surface area contributed by atoms with Crippen LogP contribution in [0.4, 0.5) is 0 Å². The SMILES string of the molecule is Clc1cccc([Se][Se]c2cccc(Cl)c2Cl)c1Cl. The summed E-state index contributed by atoms with van der Waals surface area (Å²) in [4.78, 5) is 0. The van der Waals surface area contributed by atoms with Crippen LogP contribution in [-0.2, 0) is 0 Å². The summed E-state index contributed by atoms with van der Waals surface area (Å²) in [6, 6.07) is 11.4. The molecule has 2 rings (SSSR count). The molecule has 0 nitrogen and oxygen atoms in total. The van der Waals surface area contributed by atoms with E-state index in [1.54, 1.807) is 12.1 Å². The Hall–Kier alpha value is 0.639. The molecule has 0 aromatic heterocycles. The molecule has 0 saturated heterocycles. The zero-order chi connectivity index (χ0) is 13.1. The van der Waals surface area contributed by atoms with Crippen molar-refractivity contribution < 1.29 is 0 Å². The fourth-order valence-corrected chi connectivity index (χ4v) is 10.2. The first-order valence-electron chi connectivity index (χ1n) is 4.82. The number of halogens is 4. The third-order valence-electron chi connectivity index (χ3n) is 2.05. The fraction of sp³-hybridized carbons (Fsp3) is 0. The van der Waals surface area contributed by atoms with E-state index in [1.165, 1.54) is 0 Å². The number of benzene rings is 2. The fourth-order valence-electron chi connectivity index (χ4n) is 1.19. The summed E-state index contributed by atoms with van der Waals surface area (Å²) in [5.74, 6) is 0. The summed E-state index contributed by atoms with van der Waals surface area (Å²) in [7, 11) is 0. The monoisotopic (exact) mass is 450 g/mol. The molecule has 0 saturated carbocycles. The van der Waals surface area contributed by atoms with Gasteiger partial charge in [-0.25, -0.2) is 0 Å². The van der Waals surface area contributed by atoms with E-state index < -0.39 is 0 Å². The molecular weight excluding hydrogens is 444 g/mol. The van der Waals surface area contributed by atoms with Crippen LogP contribution in [0.25, 0.3) is 0 Å². The molecule has 0 aliphatic heterocycles. The van der Waals surface area contributed by atoms with Crippen LogP contribution >= 0.6 is 46.4 Å². The first-order chi connectivity index (χ1) is 8.59. The van der Waals surface area contributed by atoms with Crippen molar-refractivity contribution in [1.29, 1.82) is 0 Å². The van der Waals surface area contributed by atoms with Crippen LogP contribution < -0.4 is 8.92 Å². The third kappa shape index (κ3) is 3.60. The summed E-state index contributed by atoms with van der Waals surface area (Å²) in [6.45, 7) is 0. The summed E-state index contributed by atoms with van der Waals surface area (Å²) in [5.41, 5.74) is 0. The van der Waals surface area contributed by atoms with Crippen LogP contribution in [0.1, 0.15) is 0 Å². The van der Waals surface area contributed by atoms with Crippen molar-refractivity contribution in [2.24, 2.45) is 0 Å². The normalized spacial score (nSPS) is 10.7. The van der Waals surface area contributed by atoms with Crippen LogP contribution in [0.2, 0.25) is 20.1 Å². The van der Waals surface area contributed by atoms with Crippen LogP contribution in [0.5, 0.6) is 0 Å². The van der Waals surface area contributed by atoms with Gasteiger partial charge in [0.05, 0.1) is 0 Å². The molecular formula is C12H6Cl4Se2. The van der Waals surface area contributed by atoms with E-state index in [0.29, 0.717) is 20.1 Å². The standard InChI is InChI=1S/C12H6Cl4Se2/c13-7-3-1-5-9(11(7)15)17-18-10-6-2-4-8(14)12(10)16/h1-6H. The van der Waals surface area contributed by atoms with E-state index in [1.807, 2.05) is 24.3 Å². The first-order valence-corrected chi connectivity index (χ1v) is 12.4. The second kappa shape index (κ2) is 6.88. The van der Waals surface area contributed by atoms with Gasteiger partial charge in [0, 0.05) is 0 Å². The molecule has 0 N–H and O–H groups in total. The van der Waals surface area contributed by atoms with Gasteiger partial charge in [0.2, 0.25) is 0 Å². The summed E-state index contributed by atoms with van der Waals surface area (Å²) < 4.78 is 2.21. The van der Waals surface area contributed by atoms with Gasteiger partial charge in [-0.05, 0) is 0 Å². The molecule has 0 radical (unpaired) electrons. The van der Waals surface area contributed by atoms with Crippen LogP contribution in [0.15, 0.2) is 36.4 Å². The van der Waals surface area contributed by atoms with Crippen molar-refractivity contribution >= 4 is 81.6 Å².